The fourth-order valence-electron chi connectivity index (χ4n) is 7.45. The Morgan fingerprint density at radius 1 is 1.07 bits per heavy atom. The molecule has 0 aromatic heterocycles. The van der Waals surface area contributed by atoms with Gasteiger partial charge in [-0.3, -0.25) is 14.5 Å². The average molecular weight is 552 g/mol. The van der Waals surface area contributed by atoms with Gasteiger partial charge in [0.05, 0.1) is 5.92 Å². The molecular formula is C33H53N5O2. The number of amides is 2. The number of para-hydroxylation sites is 1. The van der Waals surface area contributed by atoms with Crippen LogP contribution in [0.3, 0.4) is 0 Å². The van der Waals surface area contributed by atoms with Gasteiger partial charge in [0.25, 0.3) is 0 Å². The zero-order valence-corrected chi connectivity index (χ0v) is 25.1. The number of rotatable bonds is 13. The standard InChI is InChI=1S/C33H53N5O2/c1-4-5-6-7-8-9-17-38-20-25(32(39)36-27-16-15-26(27)34)18-22(3)31(38)30(23-13-14-23)37-33(40)28-19-24-12-10-11-21(2)29(24)35-28/h10-12,22-23,25-28,30-31,35H,4-9,13-20,34H2,1-3H3,(H,36,39)(H,37,40)/t22?,25?,26-,27+,28?,30?,31?/m1/s1. The van der Waals surface area contributed by atoms with Gasteiger partial charge in [0.2, 0.25) is 11.8 Å². The number of anilines is 1. The number of nitrogens with zero attached hydrogens (tertiary/aromatic N) is 1. The first kappa shape index (κ1) is 29.4. The highest BCUT2D eigenvalue weighted by Crippen LogP contribution is 2.41. The number of nitrogens with two attached hydrogens (primary N) is 1. The quantitative estimate of drug-likeness (QED) is 0.270. The summed E-state index contributed by atoms with van der Waals surface area (Å²) in [7, 11) is 0. The molecule has 7 heteroatoms. The van der Waals surface area contributed by atoms with Crippen molar-refractivity contribution in [2.24, 2.45) is 23.5 Å². The van der Waals surface area contributed by atoms with Crippen LogP contribution in [0.1, 0.15) is 95.6 Å². The fraction of sp³-hybridized carbons (Fsp3) is 0.758. The van der Waals surface area contributed by atoms with Crippen LogP contribution in [0.2, 0.25) is 0 Å². The number of carbonyl (C=O) groups excluding carboxylic acids is 2. The summed E-state index contributed by atoms with van der Waals surface area (Å²) in [6.45, 7) is 8.45. The minimum atomic E-state index is -0.214. The third kappa shape index (κ3) is 6.84. The van der Waals surface area contributed by atoms with Gasteiger partial charge < -0.3 is 21.7 Å². The van der Waals surface area contributed by atoms with Crippen LogP contribution in [0.5, 0.6) is 0 Å². The lowest BCUT2D eigenvalue weighted by Gasteiger charge is -2.48. The maximum Gasteiger partial charge on any atom is 0.243 e. The van der Waals surface area contributed by atoms with Crippen LogP contribution in [0.4, 0.5) is 5.69 Å². The number of piperidine rings is 1. The van der Waals surface area contributed by atoms with Gasteiger partial charge >= 0.3 is 0 Å². The molecule has 5 unspecified atom stereocenters. The first-order valence-electron chi connectivity index (χ1n) is 16.3. The van der Waals surface area contributed by atoms with Crippen molar-refractivity contribution < 1.29 is 9.59 Å². The zero-order valence-electron chi connectivity index (χ0n) is 25.1. The lowest BCUT2D eigenvalue weighted by molar-refractivity contribution is -0.131. The number of hydrogen-bond acceptors (Lipinski definition) is 5. The van der Waals surface area contributed by atoms with Crippen LogP contribution in [-0.2, 0) is 16.0 Å². The maximum atomic E-state index is 13.7. The Labute approximate surface area is 241 Å². The summed E-state index contributed by atoms with van der Waals surface area (Å²) < 4.78 is 0. The molecule has 0 bridgehead atoms. The van der Waals surface area contributed by atoms with Gasteiger partial charge in [-0.25, -0.2) is 0 Å². The van der Waals surface area contributed by atoms with E-state index in [4.69, 9.17) is 5.73 Å². The summed E-state index contributed by atoms with van der Waals surface area (Å²) in [5.74, 6) is 1.16. The van der Waals surface area contributed by atoms with Crippen molar-refractivity contribution in [3.63, 3.8) is 0 Å². The van der Waals surface area contributed by atoms with E-state index in [2.05, 4.69) is 59.8 Å². The molecule has 4 aliphatic rings. The normalized spacial score (nSPS) is 30.6. The van der Waals surface area contributed by atoms with Crippen LogP contribution >= 0.6 is 0 Å². The van der Waals surface area contributed by atoms with Gasteiger partial charge in [-0.1, -0.05) is 64.2 Å². The van der Waals surface area contributed by atoms with Crippen molar-refractivity contribution in [3.05, 3.63) is 29.3 Å². The Morgan fingerprint density at radius 2 is 1.85 bits per heavy atom. The van der Waals surface area contributed by atoms with Gasteiger partial charge in [0.15, 0.2) is 0 Å². The Hall–Kier alpha value is -2.12. The zero-order chi connectivity index (χ0) is 28.2. The van der Waals surface area contributed by atoms with Crippen molar-refractivity contribution in [1.29, 1.82) is 0 Å². The van der Waals surface area contributed by atoms with Crippen LogP contribution in [0.25, 0.3) is 0 Å². The molecule has 5 rings (SSSR count). The number of likely N-dealkylation sites (tertiary alicyclic amines) is 1. The molecule has 2 saturated carbocycles. The first-order valence-corrected chi connectivity index (χ1v) is 16.3. The molecule has 2 heterocycles. The van der Waals surface area contributed by atoms with E-state index in [1.165, 1.54) is 56.1 Å². The lowest BCUT2D eigenvalue weighted by Crippen LogP contribution is -2.63. The Bertz CT molecular complexity index is 1030. The van der Waals surface area contributed by atoms with Gasteiger partial charge in [-0.2, -0.15) is 0 Å². The molecule has 5 N–H and O–H groups in total. The monoisotopic (exact) mass is 551 g/mol. The third-order valence-corrected chi connectivity index (χ3v) is 10.2. The second kappa shape index (κ2) is 13.2. The van der Waals surface area contributed by atoms with E-state index in [1.807, 2.05) is 0 Å². The van der Waals surface area contributed by atoms with Crippen molar-refractivity contribution in [1.82, 2.24) is 15.5 Å². The molecule has 1 aromatic carbocycles. The number of hydrogen-bond donors (Lipinski definition) is 4. The van der Waals surface area contributed by atoms with E-state index in [0.29, 0.717) is 11.8 Å². The van der Waals surface area contributed by atoms with Crippen LogP contribution in [0.15, 0.2) is 18.2 Å². The molecule has 1 aromatic rings. The van der Waals surface area contributed by atoms with Gasteiger partial charge in [0, 0.05) is 42.8 Å². The third-order valence-electron chi connectivity index (χ3n) is 10.2. The second-order valence-corrected chi connectivity index (χ2v) is 13.4. The van der Waals surface area contributed by atoms with Gasteiger partial charge in [-0.05, 0) is 75.0 Å². The highest BCUT2D eigenvalue weighted by atomic mass is 16.2. The minimum absolute atomic E-state index is 0.0105. The minimum Gasteiger partial charge on any atom is -0.373 e. The number of carbonyl (C=O) groups is 2. The van der Waals surface area contributed by atoms with E-state index in [-0.39, 0.29) is 47.9 Å². The summed E-state index contributed by atoms with van der Waals surface area (Å²) in [6, 6.07) is 6.75. The molecule has 2 aliphatic carbocycles. The number of nitrogens with one attached hydrogen (secondary N) is 3. The molecule has 0 radical (unpaired) electrons. The van der Waals surface area contributed by atoms with Crippen molar-refractivity contribution >= 4 is 17.5 Å². The predicted molar refractivity (Wildman–Crippen MR) is 162 cm³/mol. The summed E-state index contributed by atoms with van der Waals surface area (Å²) in [5, 5.41) is 10.3. The largest absolute Gasteiger partial charge is 0.373 e. The van der Waals surface area contributed by atoms with Gasteiger partial charge in [-0.15, -0.1) is 0 Å². The molecule has 40 heavy (non-hydrogen) atoms. The van der Waals surface area contributed by atoms with Crippen LogP contribution < -0.4 is 21.7 Å². The fourth-order valence-corrected chi connectivity index (χ4v) is 7.45. The summed E-state index contributed by atoms with van der Waals surface area (Å²) in [6.07, 6.45) is 13.5. The van der Waals surface area contributed by atoms with E-state index >= 15 is 0 Å². The number of benzene rings is 1. The summed E-state index contributed by atoms with van der Waals surface area (Å²) in [4.78, 5) is 29.6. The van der Waals surface area contributed by atoms with E-state index in [0.717, 1.165) is 50.9 Å². The molecule has 1 saturated heterocycles. The van der Waals surface area contributed by atoms with Crippen LogP contribution in [-0.4, -0.2) is 60.0 Å². The second-order valence-electron chi connectivity index (χ2n) is 13.4. The summed E-state index contributed by atoms with van der Waals surface area (Å²) in [5.41, 5.74) is 9.70. The number of fused-ring (bicyclic) bond motifs is 1. The van der Waals surface area contributed by atoms with Crippen molar-refractivity contribution in [3.8, 4) is 0 Å². The Balaban J connectivity index is 1.26. The molecule has 222 valence electrons. The molecular weight excluding hydrogens is 498 g/mol. The van der Waals surface area contributed by atoms with E-state index < -0.39 is 0 Å². The molecule has 3 fully saturated rings. The molecule has 0 spiro atoms. The van der Waals surface area contributed by atoms with E-state index in [1.54, 1.807) is 0 Å². The average Bonchev–Trinajstić information content (AvgIpc) is 3.68. The predicted octanol–water partition coefficient (Wildman–Crippen LogP) is 4.52. The van der Waals surface area contributed by atoms with Gasteiger partial charge in [0.1, 0.15) is 6.04 Å². The highest BCUT2D eigenvalue weighted by molar-refractivity contribution is 5.88. The first-order chi connectivity index (χ1) is 19.4. The SMILES string of the molecule is CCCCCCCCN1CC(C(=O)N[C@H]2CC[C@H]2N)CC(C)C1C(NC(=O)C1Cc2cccc(C)c2N1)C1CC1. The molecule has 2 amide bonds. The topological polar surface area (TPSA) is 99.5 Å². The van der Waals surface area contributed by atoms with Crippen molar-refractivity contribution in [2.45, 2.75) is 128 Å². The van der Waals surface area contributed by atoms with E-state index in [9.17, 15) is 9.59 Å². The molecule has 2 aliphatic heterocycles. The molecule has 7 nitrogen and oxygen atoms in total. The lowest BCUT2D eigenvalue weighted by atomic mass is 9.78. The number of aryl methyl sites for hydroxylation is 1. The molecule has 7 atom stereocenters. The maximum absolute atomic E-state index is 13.7. The summed E-state index contributed by atoms with van der Waals surface area (Å²) >= 11 is 0. The number of unbranched alkanes of at least 4 members (excludes halogenated alkanes) is 5. The van der Waals surface area contributed by atoms with Crippen molar-refractivity contribution in [2.75, 3.05) is 18.4 Å². The Morgan fingerprint density at radius 3 is 2.52 bits per heavy atom. The Kier molecular flexibility index (Phi) is 9.72. The highest BCUT2D eigenvalue weighted by Gasteiger charge is 2.47. The smallest absolute Gasteiger partial charge is 0.243 e. The van der Waals surface area contributed by atoms with Crippen LogP contribution in [0, 0.1) is 24.7 Å².